The molecule has 2 rings (SSSR count). The van der Waals surface area contributed by atoms with Gasteiger partial charge in [0.1, 0.15) is 5.78 Å². The lowest BCUT2D eigenvalue weighted by Crippen LogP contribution is -2.23. The Hall–Kier alpha value is -0.860. The summed E-state index contributed by atoms with van der Waals surface area (Å²) in [4.78, 5) is 21.6. The first-order chi connectivity index (χ1) is 5.15. The second-order valence-corrected chi connectivity index (χ2v) is 3.61. The first kappa shape index (κ1) is 6.83. The van der Waals surface area contributed by atoms with E-state index in [1.807, 2.05) is 0 Å². The number of carbonyl (C=O) groups excluding carboxylic acids is 1. The summed E-state index contributed by atoms with van der Waals surface area (Å²) in [6, 6.07) is 0. The van der Waals surface area contributed by atoms with E-state index in [4.69, 9.17) is 5.11 Å². The molecule has 0 radical (unpaired) electrons. The maximum absolute atomic E-state index is 10.9. The van der Waals surface area contributed by atoms with E-state index in [9.17, 15) is 9.59 Å². The minimum Gasteiger partial charge on any atom is -0.481 e. The first-order valence-electron chi connectivity index (χ1n) is 3.90. The van der Waals surface area contributed by atoms with Crippen LogP contribution in [0.5, 0.6) is 0 Å². The molecule has 0 aromatic rings. The third-order valence-electron chi connectivity index (χ3n) is 2.98. The van der Waals surface area contributed by atoms with Gasteiger partial charge in [0, 0.05) is 12.8 Å². The molecule has 2 unspecified atom stereocenters. The van der Waals surface area contributed by atoms with Crippen LogP contribution in [-0.4, -0.2) is 16.9 Å². The summed E-state index contributed by atoms with van der Waals surface area (Å²) < 4.78 is 0. The smallest absolute Gasteiger partial charge is 0.309 e. The Morgan fingerprint density at radius 3 is 2.91 bits per heavy atom. The van der Waals surface area contributed by atoms with Crippen molar-refractivity contribution in [2.75, 3.05) is 0 Å². The molecule has 3 heteroatoms. The average molecular weight is 154 g/mol. The van der Waals surface area contributed by atoms with Gasteiger partial charge in [-0.25, -0.2) is 0 Å². The molecule has 3 nitrogen and oxygen atoms in total. The molecule has 2 fully saturated rings. The molecule has 2 aliphatic carbocycles. The maximum Gasteiger partial charge on any atom is 0.309 e. The summed E-state index contributed by atoms with van der Waals surface area (Å²) in [5, 5.41) is 8.81. The van der Waals surface area contributed by atoms with Gasteiger partial charge in [-0.15, -0.1) is 0 Å². The van der Waals surface area contributed by atoms with Gasteiger partial charge < -0.3 is 5.11 Å². The van der Waals surface area contributed by atoms with Crippen LogP contribution in [0.25, 0.3) is 0 Å². The van der Waals surface area contributed by atoms with Crippen LogP contribution in [0.1, 0.15) is 25.7 Å². The molecule has 2 aliphatic rings. The van der Waals surface area contributed by atoms with Gasteiger partial charge in [-0.05, 0) is 18.8 Å². The summed E-state index contributed by atoms with van der Waals surface area (Å²) >= 11 is 0. The number of aliphatic carboxylic acids is 1. The molecule has 0 saturated heterocycles. The molecule has 0 spiro atoms. The van der Waals surface area contributed by atoms with Crippen molar-refractivity contribution in [2.45, 2.75) is 25.7 Å². The number of hydrogen-bond acceptors (Lipinski definition) is 2. The van der Waals surface area contributed by atoms with E-state index < -0.39 is 11.4 Å². The summed E-state index contributed by atoms with van der Waals surface area (Å²) in [7, 11) is 0. The molecular formula is C8H10O3. The van der Waals surface area contributed by atoms with Crippen LogP contribution in [0.4, 0.5) is 0 Å². The summed E-state index contributed by atoms with van der Waals surface area (Å²) in [5.41, 5.74) is -0.478. The number of carboxylic acids is 1. The lowest BCUT2D eigenvalue weighted by molar-refractivity contribution is -0.145. The molecule has 0 bridgehead atoms. The van der Waals surface area contributed by atoms with Crippen LogP contribution >= 0.6 is 0 Å². The van der Waals surface area contributed by atoms with Crippen LogP contribution < -0.4 is 0 Å². The lowest BCUT2D eigenvalue weighted by Gasteiger charge is -2.15. The molecule has 11 heavy (non-hydrogen) atoms. The van der Waals surface area contributed by atoms with Crippen molar-refractivity contribution in [2.24, 2.45) is 11.3 Å². The van der Waals surface area contributed by atoms with E-state index in [1.165, 1.54) is 0 Å². The zero-order valence-corrected chi connectivity index (χ0v) is 6.17. The van der Waals surface area contributed by atoms with Crippen molar-refractivity contribution < 1.29 is 14.7 Å². The number of carboxylic acid groups (broad SMARTS) is 1. The predicted octanol–water partition coefficient (Wildman–Crippen LogP) is 0.830. The third-order valence-corrected chi connectivity index (χ3v) is 2.98. The molecule has 0 heterocycles. The zero-order chi connectivity index (χ0) is 8.06. The quantitative estimate of drug-likeness (QED) is 0.608. The molecule has 0 aliphatic heterocycles. The van der Waals surface area contributed by atoms with Crippen molar-refractivity contribution in [3.05, 3.63) is 0 Å². The van der Waals surface area contributed by atoms with Crippen molar-refractivity contribution >= 4 is 11.8 Å². The predicted molar refractivity (Wildman–Crippen MR) is 37.0 cm³/mol. The highest BCUT2D eigenvalue weighted by Crippen LogP contribution is 2.60. The Kier molecular flexibility index (Phi) is 1.14. The molecule has 0 aromatic carbocycles. The summed E-state index contributed by atoms with van der Waals surface area (Å²) in [6.45, 7) is 0. The van der Waals surface area contributed by atoms with E-state index in [2.05, 4.69) is 0 Å². The highest BCUT2D eigenvalue weighted by atomic mass is 16.4. The molecule has 0 aromatic heterocycles. The number of carbonyl (C=O) groups is 2. The second-order valence-electron chi connectivity index (χ2n) is 3.61. The Morgan fingerprint density at radius 1 is 1.64 bits per heavy atom. The number of Topliss-reactive ketones (excluding diaryl/α,β-unsaturated/α-hetero) is 1. The highest BCUT2D eigenvalue weighted by Gasteiger charge is 2.62. The SMILES string of the molecule is O=C1CCC2(C(=O)O)CC2C1. The van der Waals surface area contributed by atoms with Crippen molar-refractivity contribution in [3.63, 3.8) is 0 Å². The average Bonchev–Trinajstić information content (AvgIpc) is 2.62. The Labute approximate surface area is 64.4 Å². The van der Waals surface area contributed by atoms with Gasteiger partial charge >= 0.3 is 5.97 Å². The topological polar surface area (TPSA) is 54.4 Å². The van der Waals surface area contributed by atoms with Crippen LogP contribution in [0.3, 0.4) is 0 Å². The van der Waals surface area contributed by atoms with E-state index in [1.54, 1.807) is 0 Å². The first-order valence-corrected chi connectivity index (χ1v) is 3.90. The number of hydrogen-bond donors (Lipinski definition) is 1. The van der Waals surface area contributed by atoms with E-state index in [0.717, 1.165) is 6.42 Å². The van der Waals surface area contributed by atoms with Gasteiger partial charge in [0.25, 0.3) is 0 Å². The largest absolute Gasteiger partial charge is 0.481 e. The third kappa shape index (κ3) is 0.800. The summed E-state index contributed by atoms with van der Waals surface area (Å²) in [5.74, 6) is -0.291. The van der Waals surface area contributed by atoms with Gasteiger partial charge in [-0.3, -0.25) is 9.59 Å². The molecule has 2 saturated carbocycles. The Bertz CT molecular complexity index is 233. The fourth-order valence-corrected chi connectivity index (χ4v) is 2.06. The summed E-state index contributed by atoms with van der Waals surface area (Å²) in [6.07, 6.45) is 2.29. The fraction of sp³-hybridized carbons (Fsp3) is 0.750. The van der Waals surface area contributed by atoms with E-state index in [-0.39, 0.29) is 11.7 Å². The normalized spacial score (nSPS) is 41.5. The lowest BCUT2D eigenvalue weighted by atomic mass is 9.88. The molecule has 0 amide bonds. The van der Waals surface area contributed by atoms with Crippen molar-refractivity contribution in [3.8, 4) is 0 Å². The Balaban J connectivity index is 2.13. The van der Waals surface area contributed by atoms with Crippen molar-refractivity contribution in [1.82, 2.24) is 0 Å². The number of rotatable bonds is 1. The zero-order valence-electron chi connectivity index (χ0n) is 6.17. The van der Waals surface area contributed by atoms with Crippen molar-refractivity contribution in [1.29, 1.82) is 0 Å². The van der Waals surface area contributed by atoms with Crippen LogP contribution in [-0.2, 0) is 9.59 Å². The Morgan fingerprint density at radius 2 is 2.36 bits per heavy atom. The van der Waals surface area contributed by atoms with Gasteiger partial charge in [-0.2, -0.15) is 0 Å². The van der Waals surface area contributed by atoms with Crippen LogP contribution in [0.15, 0.2) is 0 Å². The van der Waals surface area contributed by atoms with E-state index in [0.29, 0.717) is 19.3 Å². The maximum atomic E-state index is 10.9. The fourth-order valence-electron chi connectivity index (χ4n) is 2.06. The van der Waals surface area contributed by atoms with Gasteiger partial charge in [0.15, 0.2) is 0 Å². The minimum absolute atomic E-state index is 0.168. The molecule has 60 valence electrons. The van der Waals surface area contributed by atoms with Gasteiger partial charge in [-0.1, -0.05) is 0 Å². The standard InChI is InChI=1S/C8H10O3/c9-6-1-2-8(7(10)11)4-5(8)3-6/h5H,1-4H2,(H,10,11). The molecule has 1 N–H and O–H groups in total. The van der Waals surface area contributed by atoms with Gasteiger partial charge in [0.05, 0.1) is 5.41 Å². The monoisotopic (exact) mass is 154 g/mol. The number of fused-ring (bicyclic) bond motifs is 1. The molecular weight excluding hydrogens is 144 g/mol. The van der Waals surface area contributed by atoms with Gasteiger partial charge in [0.2, 0.25) is 0 Å². The van der Waals surface area contributed by atoms with Crippen LogP contribution in [0, 0.1) is 11.3 Å². The second kappa shape index (κ2) is 1.84. The minimum atomic E-state index is -0.699. The van der Waals surface area contributed by atoms with E-state index >= 15 is 0 Å². The highest BCUT2D eigenvalue weighted by molar-refractivity contribution is 5.87. The molecule has 2 atom stereocenters. The van der Waals surface area contributed by atoms with Crippen LogP contribution in [0.2, 0.25) is 0 Å². The number of ketones is 1.